The molecule has 0 spiro atoms. The molecule has 0 amide bonds. The van der Waals surface area contributed by atoms with Crippen LogP contribution in [0.25, 0.3) is 11.5 Å². The monoisotopic (exact) mass is 328 g/mol. The Balaban J connectivity index is 1.88. The molecule has 0 unspecified atom stereocenters. The van der Waals surface area contributed by atoms with E-state index in [2.05, 4.69) is 25.5 Å². The number of nitrogens with one attached hydrogen (secondary N) is 2. The molecule has 0 aliphatic rings. The molecule has 0 radical (unpaired) electrons. The Morgan fingerprint density at radius 2 is 2.04 bits per heavy atom. The van der Waals surface area contributed by atoms with E-state index in [1.165, 1.54) is 0 Å². The minimum Gasteiger partial charge on any atom is -0.494 e. The van der Waals surface area contributed by atoms with Crippen molar-refractivity contribution in [3.05, 3.63) is 46.4 Å². The fourth-order valence-corrected chi connectivity index (χ4v) is 2.22. The Morgan fingerprint density at radius 3 is 2.70 bits per heavy atom. The molecule has 2 aromatic heterocycles. The molecule has 0 fully saturated rings. The zero-order valence-corrected chi connectivity index (χ0v) is 13.6. The summed E-state index contributed by atoms with van der Waals surface area (Å²) in [5.41, 5.74) is 2.55. The number of aromatic amines is 2. The number of hydrogen-bond donors (Lipinski definition) is 2. The molecule has 0 saturated heterocycles. The number of ether oxygens (including phenoxy) is 1. The number of benzene rings is 1. The quantitative estimate of drug-likeness (QED) is 0.557. The summed E-state index contributed by atoms with van der Waals surface area (Å²) in [5.74, 6) is 1.39. The van der Waals surface area contributed by atoms with Gasteiger partial charge >= 0.3 is 0 Å². The van der Waals surface area contributed by atoms with Gasteiger partial charge < -0.3 is 4.74 Å². The van der Waals surface area contributed by atoms with E-state index in [9.17, 15) is 0 Å². The Bertz CT molecular complexity index is 874. The van der Waals surface area contributed by atoms with E-state index in [1.807, 2.05) is 44.2 Å². The highest BCUT2D eigenvalue weighted by Gasteiger charge is 2.10. The zero-order valence-electron chi connectivity index (χ0n) is 12.8. The summed E-state index contributed by atoms with van der Waals surface area (Å²) < 4.78 is 7.36. The third-order valence-electron chi connectivity index (χ3n) is 3.10. The van der Waals surface area contributed by atoms with E-state index in [4.69, 9.17) is 17.0 Å². The van der Waals surface area contributed by atoms with Crippen molar-refractivity contribution >= 4 is 18.4 Å². The van der Waals surface area contributed by atoms with E-state index < -0.39 is 0 Å². The number of nitrogens with zero attached hydrogens (tertiary/aromatic N) is 4. The van der Waals surface area contributed by atoms with Gasteiger partial charge in [0.25, 0.3) is 0 Å². The molecule has 7 nitrogen and oxygen atoms in total. The second-order valence-electron chi connectivity index (χ2n) is 4.85. The predicted molar refractivity (Wildman–Crippen MR) is 90.3 cm³/mol. The lowest BCUT2D eigenvalue weighted by molar-refractivity contribution is 0.340. The maximum Gasteiger partial charge on any atom is 0.216 e. The maximum absolute atomic E-state index is 5.42. The molecule has 3 aromatic rings. The van der Waals surface area contributed by atoms with Crippen molar-refractivity contribution in [1.82, 2.24) is 25.1 Å². The first-order chi connectivity index (χ1) is 11.2. The molecule has 0 aliphatic heterocycles. The third kappa shape index (κ3) is 3.37. The van der Waals surface area contributed by atoms with Gasteiger partial charge in [-0.1, -0.05) is 0 Å². The van der Waals surface area contributed by atoms with Crippen LogP contribution in [0.4, 0.5) is 0 Å². The first kappa shape index (κ1) is 15.2. The molecule has 3 rings (SSSR count). The second kappa shape index (κ2) is 6.57. The van der Waals surface area contributed by atoms with Gasteiger partial charge in [0, 0.05) is 5.69 Å². The Morgan fingerprint density at radius 1 is 1.26 bits per heavy atom. The Hall–Kier alpha value is -2.74. The highest BCUT2D eigenvalue weighted by Crippen LogP contribution is 2.15. The predicted octanol–water partition coefficient (Wildman–Crippen LogP) is 2.92. The van der Waals surface area contributed by atoms with Crippen molar-refractivity contribution in [3.63, 3.8) is 0 Å². The van der Waals surface area contributed by atoms with E-state index in [0.717, 1.165) is 17.0 Å². The van der Waals surface area contributed by atoms with E-state index in [-0.39, 0.29) is 0 Å². The molecule has 0 saturated carbocycles. The highest BCUT2D eigenvalue weighted by atomic mass is 32.1. The van der Waals surface area contributed by atoms with E-state index in [1.54, 1.807) is 10.9 Å². The number of aryl methyl sites for hydroxylation is 1. The van der Waals surface area contributed by atoms with Crippen molar-refractivity contribution in [2.24, 2.45) is 5.10 Å². The molecular weight excluding hydrogens is 312 g/mol. The zero-order chi connectivity index (χ0) is 16.2. The molecule has 2 N–H and O–H groups in total. The van der Waals surface area contributed by atoms with Crippen LogP contribution in [-0.2, 0) is 0 Å². The van der Waals surface area contributed by atoms with Crippen LogP contribution in [-0.4, -0.2) is 37.9 Å². The summed E-state index contributed by atoms with van der Waals surface area (Å²) in [6.07, 6.45) is 1.71. The first-order valence-corrected chi connectivity index (χ1v) is 7.55. The SMILES string of the molecule is CCOc1ccc(C=Nn2c(-c3cc(C)[nH]n3)n[nH]c2=S)cc1. The highest BCUT2D eigenvalue weighted by molar-refractivity contribution is 7.71. The average molecular weight is 328 g/mol. The molecule has 8 heteroatoms. The van der Waals surface area contributed by atoms with Crippen LogP contribution >= 0.6 is 12.2 Å². The van der Waals surface area contributed by atoms with Crippen LogP contribution in [0, 0.1) is 11.7 Å². The molecule has 118 valence electrons. The van der Waals surface area contributed by atoms with Crippen LogP contribution in [0.3, 0.4) is 0 Å². The van der Waals surface area contributed by atoms with E-state index in [0.29, 0.717) is 22.9 Å². The van der Waals surface area contributed by atoms with Gasteiger partial charge in [-0.3, -0.25) is 5.10 Å². The summed E-state index contributed by atoms with van der Waals surface area (Å²) in [7, 11) is 0. The van der Waals surface area contributed by atoms with Gasteiger partial charge in [0.1, 0.15) is 11.4 Å². The van der Waals surface area contributed by atoms with Gasteiger partial charge in [-0.15, -0.1) is 0 Å². The van der Waals surface area contributed by atoms with Crippen LogP contribution in [0.1, 0.15) is 18.2 Å². The number of hydrogen-bond acceptors (Lipinski definition) is 5. The number of rotatable bonds is 5. The number of H-pyrrole nitrogens is 2. The maximum atomic E-state index is 5.42. The summed E-state index contributed by atoms with van der Waals surface area (Å²) in [5, 5.41) is 18.4. The van der Waals surface area contributed by atoms with Gasteiger partial charge in [0.15, 0.2) is 0 Å². The Labute approximate surface area is 138 Å². The van der Waals surface area contributed by atoms with Crippen molar-refractivity contribution in [2.45, 2.75) is 13.8 Å². The van der Waals surface area contributed by atoms with Crippen LogP contribution in [0.2, 0.25) is 0 Å². The van der Waals surface area contributed by atoms with Crippen molar-refractivity contribution in [3.8, 4) is 17.3 Å². The van der Waals surface area contributed by atoms with Gasteiger partial charge in [-0.2, -0.15) is 20.0 Å². The Kier molecular flexibility index (Phi) is 4.33. The van der Waals surface area contributed by atoms with Gasteiger partial charge in [0.05, 0.1) is 12.8 Å². The smallest absolute Gasteiger partial charge is 0.216 e. The van der Waals surface area contributed by atoms with Gasteiger partial charge in [0.2, 0.25) is 10.6 Å². The molecular formula is C15H16N6OS. The molecule has 2 heterocycles. The second-order valence-corrected chi connectivity index (χ2v) is 5.23. The van der Waals surface area contributed by atoms with Crippen LogP contribution in [0.5, 0.6) is 5.75 Å². The summed E-state index contributed by atoms with van der Waals surface area (Å²) >= 11 is 5.22. The molecule has 23 heavy (non-hydrogen) atoms. The third-order valence-corrected chi connectivity index (χ3v) is 3.36. The van der Waals surface area contributed by atoms with Gasteiger partial charge in [-0.25, -0.2) is 5.10 Å². The van der Waals surface area contributed by atoms with Crippen LogP contribution in [0.15, 0.2) is 35.4 Å². The molecule has 1 aromatic carbocycles. The minimum atomic E-state index is 0.405. The average Bonchev–Trinajstić information content (AvgIpc) is 3.13. The largest absolute Gasteiger partial charge is 0.494 e. The molecule has 0 atom stereocenters. The fourth-order valence-electron chi connectivity index (χ4n) is 2.04. The van der Waals surface area contributed by atoms with Crippen LogP contribution < -0.4 is 4.74 Å². The lowest BCUT2D eigenvalue weighted by Crippen LogP contribution is -1.96. The standard InChI is InChI=1S/C15H16N6OS/c1-3-22-12-6-4-11(5-7-12)9-16-21-14(19-20-15(21)23)13-8-10(2)17-18-13/h4-9H,3H2,1-2H3,(H,17,18)(H,20,23). The van der Waals surface area contributed by atoms with Crippen molar-refractivity contribution < 1.29 is 4.74 Å². The lowest BCUT2D eigenvalue weighted by Gasteiger charge is -2.02. The minimum absolute atomic E-state index is 0.405. The molecule has 0 aliphatic carbocycles. The lowest BCUT2D eigenvalue weighted by atomic mass is 10.2. The molecule has 0 bridgehead atoms. The summed E-state index contributed by atoms with van der Waals surface area (Å²) in [6, 6.07) is 9.54. The normalized spacial score (nSPS) is 11.2. The van der Waals surface area contributed by atoms with Crippen molar-refractivity contribution in [2.75, 3.05) is 6.61 Å². The fraction of sp³-hybridized carbons (Fsp3) is 0.200. The first-order valence-electron chi connectivity index (χ1n) is 7.14. The summed E-state index contributed by atoms with van der Waals surface area (Å²) in [6.45, 7) is 4.52. The van der Waals surface area contributed by atoms with E-state index >= 15 is 0 Å². The topological polar surface area (TPSA) is 83.9 Å². The van der Waals surface area contributed by atoms with Gasteiger partial charge in [-0.05, 0) is 62.0 Å². The number of aromatic nitrogens is 5. The van der Waals surface area contributed by atoms with Crippen molar-refractivity contribution in [1.29, 1.82) is 0 Å². The summed E-state index contributed by atoms with van der Waals surface area (Å²) in [4.78, 5) is 0.